The van der Waals surface area contributed by atoms with Gasteiger partial charge < -0.3 is 14.3 Å². The fourth-order valence-electron chi connectivity index (χ4n) is 3.62. The van der Waals surface area contributed by atoms with Crippen LogP contribution in [0.5, 0.6) is 11.5 Å². The molecule has 3 aromatic heterocycles. The standard InChI is InChI=1S/C22H18F3N3O3/c1-11-6-13(23)7-12(2)20(11)31-17-10-28(22(24)25)18(29)8-15(17)16-9-27(3)21(30)19-14(16)4-5-26-19/h4-10,22,26H,1-3H3. The van der Waals surface area contributed by atoms with E-state index in [0.29, 0.717) is 27.6 Å². The predicted octanol–water partition coefficient (Wildman–Crippen LogP) is 4.64. The minimum absolute atomic E-state index is 0.0288. The SMILES string of the molecule is Cc1cc(F)cc(C)c1Oc1cn(C(F)F)c(=O)cc1-c1cn(C)c(=O)c2[nH]ccc12. The zero-order valence-corrected chi connectivity index (χ0v) is 16.9. The van der Waals surface area contributed by atoms with E-state index in [1.807, 2.05) is 0 Å². The summed E-state index contributed by atoms with van der Waals surface area (Å²) in [7, 11) is 1.54. The van der Waals surface area contributed by atoms with Gasteiger partial charge in [0.1, 0.15) is 17.1 Å². The van der Waals surface area contributed by atoms with Gasteiger partial charge in [-0.25, -0.2) is 4.39 Å². The Hall–Kier alpha value is -3.75. The lowest BCUT2D eigenvalue weighted by molar-refractivity contribution is 0.0657. The van der Waals surface area contributed by atoms with Crippen molar-refractivity contribution in [2.45, 2.75) is 20.4 Å². The zero-order chi connectivity index (χ0) is 22.4. The number of aryl methyl sites for hydroxylation is 3. The molecule has 0 aliphatic heterocycles. The van der Waals surface area contributed by atoms with Crippen LogP contribution in [0.1, 0.15) is 17.7 Å². The molecule has 4 aromatic rings. The number of rotatable bonds is 4. The molecule has 0 radical (unpaired) electrons. The molecule has 160 valence electrons. The van der Waals surface area contributed by atoms with Crippen LogP contribution in [-0.2, 0) is 7.05 Å². The number of aromatic nitrogens is 3. The van der Waals surface area contributed by atoms with E-state index < -0.39 is 17.9 Å². The number of pyridine rings is 2. The molecule has 1 aromatic carbocycles. The number of hydrogen-bond donors (Lipinski definition) is 1. The summed E-state index contributed by atoms with van der Waals surface area (Å²) in [5, 5.41) is 0.509. The Morgan fingerprint density at radius 3 is 2.35 bits per heavy atom. The number of halogens is 3. The highest BCUT2D eigenvalue weighted by molar-refractivity contribution is 5.95. The number of nitrogens with one attached hydrogen (secondary N) is 1. The molecule has 31 heavy (non-hydrogen) atoms. The van der Waals surface area contributed by atoms with E-state index in [0.717, 1.165) is 12.3 Å². The highest BCUT2D eigenvalue weighted by Crippen LogP contribution is 2.38. The molecule has 0 aliphatic rings. The summed E-state index contributed by atoms with van der Waals surface area (Å²) >= 11 is 0. The number of alkyl halides is 2. The Bertz CT molecular complexity index is 1410. The van der Waals surface area contributed by atoms with Crippen LogP contribution in [0.2, 0.25) is 0 Å². The molecular weight excluding hydrogens is 411 g/mol. The van der Waals surface area contributed by atoms with Gasteiger partial charge in [-0.05, 0) is 43.2 Å². The number of benzene rings is 1. The summed E-state index contributed by atoms with van der Waals surface area (Å²) in [6.45, 7) is 0.182. The van der Waals surface area contributed by atoms with Gasteiger partial charge in [0.05, 0.1) is 6.20 Å². The third-order valence-corrected chi connectivity index (χ3v) is 5.08. The summed E-state index contributed by atoms with van der Waals surface area (Å²) in [5.74, 6) is -0.191. The number of ether oxygens (including phenoxy) is 1. The van der Waals surface area contributed by atoms with Crippen LogP contribution in [0.3, 0.4) is 0 Å². The van der Waals surface area contributed by atoms with Crippen LogP contribution in [0.4, 0.5) is 13.2 Å². The van der Waals surface area contributed by atoms with Gasteiger partial charge in [-0.15, -0.1) is 0 Å². The second kappa shape index (κ2) is 7.50. The van der Waals surface area contributed by atoms with Crippen LogP contribution in [0.25, 0.3) is 22.0 Å². The van der Waals surface area contributed by atoms with Crippen molar-refractivity contribution in [1.29, 1.82) is 0 Å². The Balaban J connectivity index is 2.02. The van der Waals surface area contributed by atoms with Crippen molar-refractivity contribution in [3.63, 3.8) is 0 Å². The van der Waals surface area contributed by atoms with Crippen LogP contribution < -0.4 is 15.9 Å². The van der Waals surface area contributed by atoms with Crippen molar-refractivity contribution >= 4 is 10.9 Å². The average molecular weight is 429 g/mol. The number of aromatic amines is 1. The lowest BCUT2D eigenvalue weighted by Crippen LogP contribution is -2.21. The number of fused-ring (bicyclic) bond motifs is 1. The van der Waals surface area contributed by atoms with Gasteiger partial charge in [0.25, 0.3) is 11.1 Å². The minimum atomic E-state index is -3.08. The molecule has 0 fully saturated rings. The Labute approximate surface area is 174 Å². The van der Waals surface area contributed by atoms with E-state index >= 15 is 0 Å². The van der Waals surface area contributed by atoms with E-state index in [4.69, 9.17) is 4.74 Å². The fourth-order valence-corrected chi connectivity index (χ4v) is 3.62. The number of hydrogen-bond acceptors (Lipinski definition) is 3. The van der Waals surface area contributed by atoms with E-state index in [9.17, 15) is 22.8 Å². The van der Waals surface area contributed by atoms with Crippen LogP contribution in [0.15, 0.2) is 52.4 Å². The first-order valence-electron chi connectivity index (χ1n) is 9.33. The molecular formula is C22H18F3N3O3. The highest BCUT2D eigenvalue weighted by Gasteiger charge is 2.20. The average Bonchev–Trinajstić information content (AvgIpc) is 3.18. The monoisotopic (exact) mass is 429 g/mol. The summed E-state index contributed by atoms with van der Waals surface area (Å²) < 4.78 is 48.1. The number of nitrogens with zero attached hydrogens (tertiary/aromatic N) is 2. The molecule has 6 nitrogen and oxygen atoms in total. The summed E-state index contributed by atoms with van der Waals surface area (Å²) in [4.78, 5) is 27.6. The van der Waals surface area contributed by atoms with Gasteiger partial charge in [-0.2, -0.15) is 8.78 Å². The summed E-state index contributed by atoms with van der Waals surface area (Å²) in [6.07, 6.45) is 4.01. The van der Waals surface area contributed by atoms with Crippen molar-refractivity contribution in [2.24, 2.45) is 7.05 Å². The minimum Gasteiger partial charge on any atom is -0.455 e. The summed E-state index contributed by atoms with van der Waals surface area (Å²) in [6, 6.07) is 5.23. The van der Waals surface area contributed by atoms with Crippen molar-refractivity contribution in [3.05, 3.63) is 80.5 Å². The largest absolute Gasteiger partial charge is 0.455 e. The predicted molar refractivity (Wildman–Crippen MR) is 110 cm³/mol. The third kappa shape index (κ3) is 3.52. The third-order valence-electron chi connectivity index (χ3n) is 5.08. The molecule has 3 heterocycles. The van der Waals surface area contributed by atoms with Gasteiger partial charge >= 0.3 is 6.55 Å². The Morgan fingerprint density at radius 1 is 1.03 bits per heavy atom. The second-order valence-corrected chi connectivity index (χ2v) is 7.27. The molecule has 0 saturated carbocycles. The van der Waals surface area contributed by atoms with Gasteiger partial charge in [-0.3, -0.25) is 14.2 Å². The quantitative estimate of drug-likeness (QED) is 0.514. The van der Waals surface area contributed by atoms with Crippen LogP contribution in [-0.4, -0.2) is 14.1 Å². The van der Waals surface area contributed by atoms with Gasteiger partial charge in [0, 0.05) is 42.0 Å². The Morgan fingerprint density at radius 2 is 1.71 bits per heavy atom. The summed E-state index contributed by atoms with van der Waals surface area (Å²) in [5.41, 5.74) is 0.698. The normalized spacial score (nSPS) is 11.5. The number of H-pyrrole nitrogens is 1. The maximum absolute atomic E-state index is 13.7. The maximum Gasteiger partial charge on any atom is 0.321 e. The molecule has 0 amide bonds. The Kier molecular flexibility index (Phi) is 4.96. The smallest absolute Gasteiger partial charge is 0.321 e. The zero-order valence-electron chi connectivity index (χ0n) is 16.9. The van der Waals surface area contributed by atoms with E-state index in [2.05, 4.69) is 4.98 Å². The van der Waals surface area contributed by atoms with Crippen LogP contribution in [0, 0.1) is 19.7 Å². The fraction of sp³-hybridized carbons (Fsp3) is 0.182. The molecule has 0 atom stereocenters. The highest BCUT2D eigenvalue weighted by atomic mass is 19.3. The van der Waals surface area contributed by atoms with E-state index in [1.165, 1.54) is 22.9 Å². The molecule has 1 N–H and O–H groups in total. The van der Waals surface area contributed by atoms with E-state index in [1.54, 1.807) is 33.2 Å². The maximum atomic E-state index is 13.7. The van der Waals surface area contributed by atoms with Gasteiger partial charge in [-0.1, -0.05) is 0 Å². The van der Waals surface area contributed by atoms with Crippen molar-refractivity contribution in [1.82, 2.24) is 14.1 Å². The first-order chi connectivity index (χ1) is 14.7. The first kappa shape index (κ1) is 20.5. The van der Waals surface area contributed by atoms with Crippen LogP contribution >= 0.6 is 0 Å². The van der Waals surface area contributed by atoms with Crippen molar-refractivity contribution in [3.8, 4) is 22.6 Å². The lowest BCUT2D eigenvalue weighted by atomic mass is 10.0. The van der Waals surface area contributed by atoms with E-state index in [-0.39, 0.29) is 27.2 Å². The van der Waals surface area contributed by atoms with Gasteiger partial charge in [0.15, 0.2) is 5.75 Å². The van der Waals surface area contributed by atoms with Crippen molar-refractivity contribution < 1.29 is 17.9 Å². The molecule has 9 heteroatoms. The van der Waals surface area contributed by atoms with Crippen molar-refractivity contribution in [2.75, 3.05) is 0 Å². The first-order valence-corrected chi connectivity index (χ1v) is 9.33. The molecule has 0 bridgehead atoms. The molecule has 0 spiro atoms. The molecule has 0 aliphatic carbocycles. The van der Waals surface area contributed by atoms with Gasteiger partial charge in [0.2, 0.25) is 0 Å². The molecule has 4 rings (SSSR count). The molecule has 0 unspecified atom stereocenters. The second-order valence-electron chi connectivity index (χ2n) is 7.27. The molecule has 0 saturated heterocycles. The lowest BCUT2D eigenvalue weighted by Gasteiger charge is -2.17. The topological polar surface area (TPSA) is 69.0 Å².